The molecule has 1 aliphatic heterocycles. The van der Waals surface area contributed by atoms with E-state index in [4.69, 9.17) is 4.84 Å². The van der Waals surface area contributed by atoms with Gasteiger partial charge in [0.25, 0.3) is 0 Å². The van der Waals surface area contributed by atoms with Crippen molar-refractivity contribution in [3.8, 4) is 0 Å². The quantitative estimate of drug-likeness (QED) is 0.566. The fraction of sp³-hybridized carbons (Fsp3) is 0.333. The molecular formula is C21H24N2O3. The molecule has 0 radical (unpaired) electrons. The van der Waals surface area contributed by atoms with Crippen LogP contribution in [-0.2, 0) is 27.6 Å². The first-order chi connectivity index (χ1) is 12.5. The number of carbonyl (C=O) groups is 2. The molecule has 2 aromatic carbocycles. The van der Waals surface area contributed by atoms with Gasteiger partial charge in [0.15, 0.2) is 6.29 Å². The van der Waals surface area contributed by atoms with Crippen LogP contribution in [0.15, 0.2) is 60.7 Å². The van der Waals surface area contributed by atoms with E-state index in [1.807, 2.05) is 62.4 Å². The van der Waals surface area contributed by atoms with Gasteiger partial charge in [-0.25, -0.2) is 0 Å². The number of benzene rings is 2. The van der Waals surface area contributed by atoms with Crippen LogP contribution in [0.5, 0.6) is 0 Å². The van der Waals surface area contributed by atoms with E-state index >= 15 is 0 Å². The predicted molar refractivity (Wildman–Crippen MR) is 98.9 cm³/mol. The van der Waals surface area contributed by atoms with E-state index in [1.165, 1.54) is 0 Å². The average molecular weight is 352 g/mol. The highest BCUT2D eigenvalue weighted by molar-refractivity contribution is 6.27. The Balaban J connectivity index is 1.78. The average Bonchev–Trinajstić information content (AvgIpc) is 2.91. The smallest absolute Gasteiger partial charge is 0.216 e. The van der Waals surface area contributed by atoms with E-state index in [1.54, 1.807) is 5.06 Å². The third-order valence-corrected chi connectivity index (χ3v) is 4.92. The van der Waals surface area contributed by atoms with Crippen LogP contribution in [0.2, 0.25) is 0 Å². The van der Waals surface area contributed by atoms with Gasteiger partial charge in [-0.3, -0.25) is 19.3 Å². The molecule has 1 unspecified atom stereocenters. The molecule has 0 aromatic heterocycles. The maximum absolute atomic E-state index is 12.3. The lowest BCUT2D eigenvalue weighted by Crippen LogP contribution is -2.51. The molecule has 3 rings (SSSR count). The van der Waals surface area contributed by atoms with Crippen molar-refractivity contribution in [1.82, 2.24) is 9.96 Å². The molecule has 1 aliphatic rings. The molecule has 1 atom stereocenters. The molecule has 136 valence electrons. The molecule has 0 aliphatic carbocycles. The highest BCUT2D eigenvalue weighted by Gasteiger charge is 2.50. The molecule has 1 heterocycles. The fourth-order valence-corrected chi connectivity index (χ4v) is 3.42. The number of rotatable bonds is 7. The Kier molecular flexibility index (Phi) is 5.61. The number of aldehydes is 1. The maximum atomic E-state index is 12.3. The summed E-state index contributed by atoms with van der Waals surface area (Å²) < 4.78 is 0. The van der Waals surface area contributed by atoms with Gasteiger partial charge >= 0.3 is 0 Å². The minimum atomic E-state index is -0.632. The van der Waals surface area contributed by atoms with Crippen molar-refractivity contribution >= 4 is 12.1 Å². The fourth-order valence-electron chi connectivity index (χ4n) is 3.42. The number of hydrogen-bond acceptors (Lipinski definition) is 5. The minimum absolute atomic E-state index is 0.360. The highest BCUT2D eigenvalue weighted by Crippen LogP contribution is 2.33. The molecule has 5 heteroatoms. The molecule has 2 aromatic rings. The molecule has 0 N–H and O–H groups in total. The Hall–Kier alpha value is -2.34. The van der Waals surface area contributed by atoms with Crippen molar-refractivity contribution in [1.29, 1.82) is 0 Å². The summed E-state index contributed by atoms with van der Waals surface area (Å²) in [6, 6.07) is 19.2. The van der Waals surface area contributed by atoms with Crippen LogP contribution in [0, 0.1) is 0 Å². The molecule has 0 bridgehead atoms. The SMILES string of the molecule is CC1(C)C(C(=O)C=O)N(OCc2ccccc2)CN1Cc1ccccc1. The summed E-state index contributed by atoms with van der Waals surface area (Å²) in [5.41, 5.74) is 1.65. The molecule has 0 spiro atoms. The van der Waals surface area contributed by atoms with Crippen LogP contribution in [0.3, 0.4) is 0 Å². The molecule has 26 heavy (non-hydrogen) atoms. The Bertz CT molecular complexity index is 746. The zero-order chi connectivity index (χ0) is 18.6. The number of nitrogens with zero attached hydrogens (tertiary/aromatic N) is 2. The molecule has 5 nitrogen and oxygen atoms in total. The summed E-state index contributed by atoms with van der Waals surface area (Å²) in [5.74, 6) is -0.460. The Morgan fingerprint density at radius 2 is 1.65 bits per heavy atom. The molecular weight excluding hydrogens is 328 g/mol. The van der Waals surface area contributed by atoms with E-state index in [-0.39, 0.29) is 0 Å². The predicted octanol–water partition coefficient (Wildman–Crippen LogP) is 2.81. The number of hydroxylamine groups is 2. The minimum Gasteiger partial charge on any atom is -0.295 e. The van der Waals surface area contributed by atoms with Crippen molar-refractivity contribution in [3.63, 3.8) is 0 Å². The molecule has 0 amide bonds. The highest BCUT2D eigenvalue weighted by atomic mass is 16.7. The van der Waals surface area contributed by atoms with Crippen LogP contribution in [0.1, 0.15) is 25.0 Å². The first kappa shape index (κ1) is 18.5. The van der Waals surface area contributed by atoms with Gasteiger partial charge in [0.2, 0.25) is 5.78 Å². The van der Waals surface area contributed by atoms with Crippen LogP contribution in [0.4, 0.5) is 0 Å². The maximum Gasteiger partial charge on any atom is 0.216 e. The van der Waals surface area contributed by atoms with E-state index in [0.29, 0.717) is 26.1 Å². The van der Waals surface area contributed by atoms with Crippen LogP contribution < -0.4 is 0 Å². The van der Waals surface area contributed by atoms with E-state index < -0.39 is 17.4 Å². The van der Waals surface area contributed by atoms with Crippen LogP contribution >= 0.6 is 0 Å². The van der Waals surface area contributed by atoms with Crippen LogP contribution in [0.25, 0.3) is 0 Å². The lowest BCUT2D eigenvalue weighted by molar-refractivity contribution is -0.189. The molecule has 1 saturated heterocycles. The van der Waals surface area contributed by atoms with E-state index in [9.17, 15) is 9.59 Å². The van der Waals surface area contributed by atoms with Gasteiger partial charge in [-0.1, -0.05) is 60.7 Å². The first-order valence-corrected chi connectivity index (χ1v) is 8.74. The van der Waals surface area contributed by atoms with E-state index in [0.717, 1.165) is 11.1 Å². The van der Waals surface area contributed by atoms with Gasteiger partial charge in [0, 0.05) is 12.1 Å². The summed E-state index contributed by atoms with van der Waals surface area (Å²) in [6.45, 7) is 5.46. The normalized spacial score (nSPS) is 20.2. The summed E-state index contributed by atoms with van der Waals surface area (Å²) >= 11 is 0. The van der Waals surface area contributed by atoms with Crippen molar-refractivity contribution in [3.05, 3.63) is 71.8 Å². The lowest BCUT2D eigenvalue weighted by Gasteiger charge is -2.33. The van der Waals surface area contributed by atoms with Gasteiger partial charge in [-0.05, 0) is 25.0 Å². The van der Waals surface area contributed by atoms with Crippen molar-refractivity contribution < 1.29 is 14.4 Å². The third kappa shape index (κ3) is 3.90. The zero-order valence-corrected chi connectivity index (χ0v) is 15.2. The third-order valence-electron chi connectivity index (χ3n) is 4.92. The standard InChI is InChI=1S/C21H24N2O3/c1-21(2)20(19(25)14-24)23(26-15-18-11-7-4-8-12-18)16-22(21)13-17-9-5-3-6-10-17/h3-12,14,20H,13,15-16H2,1-2H3. The summed E-state index contributed by atoms with van der Waals surface area (Å²) in [4.78, 5) is 31.7. The second-order valence-electron chi connectivity index (χ2n) is 7.08. The van der Waals surface area contributed by atoms with Gasteiger partial charge < -0.3 is 0 Å². The van der Waals surface area contributed by atoms with Crippen molar-refractivity contribution in [2.24, 2.45) is 0 Å². The second kappa shape index (κ2) is 7.91. The van der Waals surface area contributed by atoms with Crippen molar-refractivity contribution in [2.75, 3.05) is 6.67 Å². The Morgan fingerprint density at radius 1 is 1.08 bits per heavy atom. The van der Waals surface area contributed by atoms with Gasteiger partial charge in [-0.15, -0.1) is 0 Å². The molecule has 1 fully saturated rings. The van der Waals surface area contributed by atoms with Gasteiger partial charge in [0.1, 0.15) is 6.04 Å². The summed E-state index contributed by atoms with van der Waals surface area (Å²) in [6.07, 6.45) is 0.400. The first-order valence-electron chi connectivity index (χ1n) is 8.74. The second-order valence-corrected chi connectivity index (χ2v) is 7.08. The number of Topliss-reactive ketones (excluding diaryl/α,β-unsaturated/α-hetero) is 1. The zero-order valence-electron chi connectivity index (χ0n) is 15.2. The number of carbonyl (C=O) groups excluding carboxylic acids is 2. The van der Waals surface area contributed by atoms with Crippen LogP contribution in [-0.4, -0.2) is 40.3 Å². The Labute approximate surface area is 154 Å². The topological polar surface area (TPSA) is 49.9 Å². The summed E-state index contributed by atoms with van der Waals surface area (Å²) in [7, 11) is 0. The lowest BCUT2D eigenvalue weighted by atomic mass is 9.91. The monoisotopic (exact) mass is 352 g/mol. The molecule has 0 saturated carbocycles. The Morgan fingerprint density at radius 3 is 2.23 bits per heavy atom. The van der Waals surface area contributed by atoms with E-state index in [2.05, 4.69) is 17.0 Å². The largest absolute Gasteiger partial charge is 0.295 e. The summed E-state index contributed by atoms with van der Waals surface area (Å²) in [5, 5.41) is 1.65. The number of ketones is 1. The van der Waals surface area contributed by atoms with Gasteiger partial charge in [-0.2, -0.15) is 5.06 Å². The van der Waals surface area contributed by atoms with Gasteiger partial charge in [0.05, 0.1) is 13.3 Å². The number of hydrogen-bond donors (Lipinski definition) is 0. The van der Waals surface area contributed by atoms with Crippen molar-refractivity contribution in [2.45, 2.75) is 38.6 Å².